The number of anilines is 1. The molecule has 1 saturated heterocycles. The van der Waals surface area contributed by atoms with E-state index < -0.39 is 0 Å². The Morgan fingerprint density at radius 3 is 2.44 bits per heavy atom. The monoisotopic (exact) mass is 246 g/mol. The summed E-state index contributed by atoms with van der Waals surface area (Å²) in [6.07, 6.45) is 0. The van der Waals surface area contributed by atoms with E-state index in [-0.39, 0.29) is 0 Å². The number of aliphatic imine (C=N–C) groups is 1. The molecule has 1 fully saturated rings. The minimum atomic E-state index is 0.884. The summed E-state index contributed by atoms with van der Waals surface area (Å²) < 4.78 is 0. The van der Waals surface area contributed by atoms with E-state index in [0.29, 0.717) is 0 Å². The summed E-state index contributed by atoms with van der Waals surface area (Å²) in [5.74, 6) is 0.884. The van der Waals surface area contributed by atoms with Crippen molar-refractivity contribution in [2.24, 2.45) is 4.99 Å². The summed E-state index contributed by atoms with van der Waals surface area (Å²) in [5, 5.41) is 6.47. The standard InChI is InChI=1S/C14H22N4/c1-4-18(5-2)13-8-6-7-12(11(13)3)17-14-15-9-10-16-14/h6-8H,4-5,9-10H2,1-3H3,(H2,15,16,17). The molecule has 0 saturated carbocycles. The average Bonchev–Trinajstić information content (AvgIpc) is 2.88. The van der Waals surface area contributed by atoms with Gasteiger partial charge in [0.05, 0.1) is 5.69 Å². The van der Waals surface area contributed by atoms with Crippen LogP contribution in [0.3, 0.4) is 0 Å². The molecule has 0 radical (unpaired) electrons. The summed E-state index contributed by atoms with van der Waals surface area (Å²) in [7, 11) is 0. The van der Waals surface area contributed by atoms with Crippen LogP contribution in [-0.2, 0) is 0 Å². The van der Waals surface area contributed by atoms with Crippen molar-refractivity contribution in [3.05, 3.63) is 23.8 Å². The molecule has 0 unspecified atom stereocenters. The summed E-state index contributed by atoms with van der Waals surface area (Å²) in [5.41, 5.74) is 3.56. The fourth-order valence-corrected chi connectivity index (χ4v) is 2.26. The van der Waals surface area contributed by atoms with Gasteiger partial charge in [-0.2, -0.15) is 0 Å². The van der Waals surface area contributed by atoms with E-state index in [4.69, 9.17) is 0 Å². The van der Waals surface area contributed by atoms with Crippen LogP contribution in [0.15, 0.2) is 23.2 Å². The van der Waals surface area contributed by atoms with Gasteiger partial charge in [-0.3, -0.25) is 0 Å². The Morgan fingerprint density at radius 2 is 1.83 bits per heavy atom. The van der Waals surface area contributed by atoms with Crippen molar-refractivity contribution in [2.75, 3.05) is 31.1 Å². The minimum absolute atomic E-state index is 0.884. The van der Waals surface area contributed by atoms with Crippen molar-refractivity contribution in [3.8, 4) is 0 Å². The predicted molar refractivity (Wildman–Crippen MR) is 77.8 cm³/mol. The third-order valence-electron chi connectivity index (χ3n) is 3.32. The second-order valence-corrected chi connectivity index (χ2v) is 4.41. The van der Waals surface area contributed by atoms with Crippen molar-refractivity contribution in [2.45, 2.75) is 20.8 Å². The second-order valence-electron chi connectivity index (χ2n) is 4.41. The molecule has 2 rings (SSSR count). The Hall–Kier alpha value is -1.71. The summed E-state index contributed by atoms with van der Waals surface area (Å²) >= 11 is 0. The van der Waals surface area contributed by atoms with Crippen molar-refractivity contribution in [3.63, 3.8) is 0 Å². The number of hydrogen-bond acceptors (Lipinski definition) is 2. The van der Waals surface area contributed by atoms with E-state index in [1.54, 1.807) is 0 Å². The highest BCUT2D eigenvalue weighted by molar-refractivity contribution is 5.85. The van der Waals surface area contributed by atoms with Crippen LogP contribution in [0.1, 0.15) is 19.4 Å². The molecule has 0 spiro atoms. The third-order valence-corrected chi connectivity index (χ3v) is 3.32. The zero-order valence-corrected chi connectivity index (χ0v) is 11.5. The highest BCUT2D eigenvalue weighted by Crippen LogP contribution is 2.28. The molecule has 0 amide bonds. The zero-order chi connectivity index (χ0) is 13.0. The maximum absolute atomic E-state index is 4.64. The SMILES string of the molecule is CCN(CC)c1cccc(N=C2NCCN2)c1C. The smallest absolute Gasteiger partial charge is 0.196 e. The number of guanidine groups is 1. The fraction of sp³-hybridized carbons (Fsp3) is 0.500. The van der Waals surface area contributed by atoms with E-state index >= 15 is 0 Å². The van der Waals surface area contributed by atoms with Gasteiger partial charge in [0.1, 0.15) is 0 Å². The number of rotatable bonds is 4. The Kier molecular flexibility index (Phi) is 4.07. The number of nitrogens with one attached hydrogen (secondary N) is 2. The minimum Gasteiger partial charge on any atom is -0.372 e. The molecule has 1 aromatic rings. The van der Waals surface area contributed by atoms with Gasteiger partial charge >= 0.3 is 0 Å². The molecule has 2 N–H and O–H groups in total. The molecule has 0 aliphatic carbocycles. The van der Waals surface area contributed by atoms with Gasteiger partial charge in [-0.1, -0.05) is 6.07 Å². The van der Waals surface area contributed by atoms with Gasteiger partial charge in [-0.05, 0) is 38.5 Å². The fourth-order valence-electron chi connectivity index (χ4n) is 2.26. The summed E-state index contributed by atoms with van der Waals surface area (Å²) in [4.78, 5) is 6.99. The highest BCUT2D eigenvalue weighted by atomic mass is 15.2. The maximum Gasteiger partial charge on any atom is 0.196 e. The molecule has 1 heterocycles. The molecular formula is C14H22N4. The molecular weight excluding hydrogens is 224 g/mol. The number of nitrogens with zero attached hydrogens (tertiary/aromatic N) is 2. The average molecular weight is 246 g/mol. The lowest BCUT2D eigenvalue weighted by molar-refractivity contribution is 0.862. The van der Waals surface area contributed by atoms with Crippen LogP contribution in [0, 0.1) is 6.92 Å². The maximum atomic E-state index is 4.64. The van der Waals surface area contributed by atoms with Gasteiger partial charge in [-0.25, -0.2) is 4.99 Å². The Morgan fingerprint density at radius 1 is 1.17 bits per heavy atom. The first-order valence-electron chi connectivity index (χ1n) is 6.67. The molecule has 1 aromatic carbocycles. The van der Waals surface area contributed by atoms with Gasteiger partial charge in [0, 0.05) is 31.9 Å². The van der Waals surface area contributed by atoms with Gasteiger partial charge < -0.3 is 15.5 Å². The molecule has 18 heavy (non-hydrogen) atoms. The first kappa shape index (κ1) is 12.7. The van der Waals surface area contributed by atoms with Gasteiger partial charge in [0.15, 0.2) is 5.96 Å². The van der Waals surface area contributed by atoms with Crippen LogP contribution in [0.4, 0.5) is 11.4 Å². The Labute approximate surface area is 109 Å². The molecule has 98 valence electrons. The molecule has 1 aliphatic heterocycles. The number of hydrogen-bond donors (Lipinski definition) is 2. The van der Waals surface area contributed by atoms with Crippen LogP contribution < -0.4 is 15.5 Å². The van der Waals surface area contributed by atoms with Crippen LogP contribution in [0.25, 0.3) is 0 Å². The van der Waals surface area contributed by atoms with Gasteiger partial charge in [-0.15, -0.1) is 0 Å². The lowest BCUT2D eigenvalue weighted by Crippen LogP contribution is -2.24. The predicted octanol–water partition coefficient (Wildman–Crippen LogP) is 2.02. The molecule has 0 aromatic heterocycles. The van der Waals surface area contributed by atoms with Crippen molar-refractivity contribution in [1.29, 1.82) is 0 Å². The third kappa shape index (κ3) is 2.58. The van der Waals surface area contributed by atoms with E-state index in [1.165, 1.54) is 11.3 Å². The molecule has 0 bridgehead atoms. The summed E-state index contributed by atoms with van der Waals surface area (Å²) in [6.45, 7) is 10.5. The Bertz CT molecular complexity index is 427. The van der Waals surface area contributed by atoms with Crippen molar-refractivity contribution >= 4 is 17.3 Å². The van der Waals surface area contributed by atoms with Crippen LogP contribution in [-0.4, -0.2) is 32.1 Å². The van der Waals surface area contributed by atoms with Crippen LogP contribution >= 0.6 is 0 Å². The van der Waals surface area contributed by atoms with E-state index in [9.17, 15) is 0 Å². The van der Waals surface area contributed by atoms with E-state index in [0.717, 1.165) is 37.8 Å². The summed E-state index contributed by atoms with van der Waals surface area (Å²) in [6, 6.07) is 6.31. The molecule has 4 heteroatoms. The van der Waals surface area contributed by atoms with Gasteiger partial charge in [0.2, 0.25) is 0 Å². The first-order chi connectivity index (χ1) is 8.76. The van der Waals surface area contributed by atoms with E-state index in [1.807, 2.05) is 0 Å². The largest absolute Gasteiger partial charge is 0.372 e. The first-order valence-corrected chi connectivity index (χ1v) is 6.67. The van der Waals surface area contributed by atoms with Gasteiger partial charge in [0.25, 0.3) is 0 Å². The second kappa shape index (κ2) is 5.76. The van der Waals surface area contributed by atoms with Crippen molar-refractivity contribution < 1.29 is 0 Å². The van der Waals surface area contributed by atoms with Crippen LogP contribution in [0.5, 0.6) is 0 Å². The Balaban J connectivity index is 2.32. The van der Waals surface area contributed by atoms with E-state index in [2.05, 4.69) is 59.5 Å². The molecule has 0 atom stereocenters. The topological polar surface area (TPSA) is 39.7 Å². The number of benzene rings is 1. The normalized spacial score (nSPS) is 14.1. The lowest BCUT2D eigenvalue weighted by atomic mass is 10.1. The molecule has 1 aliphatic rings. The lowest BCUT2D eigenvalue weighted by Gasteiger charge is -2.23. The quantitative estimate of drug-likeness (QED) is 0.854. The highest BCUT2D eigenvalue weighted by Gasteiger charge is 2.10. The zero-order valence-electron chi connectivity index (χ0n) is 11.5. The molecule has 4 nitrogen and oxygen atoms in total. The van der Waals surface area contributed by atoms with Crippen molar-refractivity contribution in [1.82, 2.24) is 10.6 Å². The van der Waals surface area contributed by atoms with Crippen LogP contribution in [0.2, 0.25) is 0 Å².